The molecule has 0 spiro atoms. The highest BCUT2D eigenvalue weighted by Crippen LogP contribution is 2.12. The zero-order valence-corrected chi connectivity index (χ0v) is 9.64. The van der Waals surface area contributed by atoms with Gasteiger partial charge in [0.15, 0.2) is 0 Å². The number of hydrogen-bond donors (Lipinski definition) is 2. The Bertz CT molecular complexity index is 325. The number of carbonyl (C=O) groups is 1. The average molecular weight is 222 g/mol. The van der Waals surface area contributed by atoms with Crippen molar-refractivity contribution in [1.29, 1.82) is 0 Å². The van der Waals surface area contributed by atoms with Crippen LogP contribution in [0.1, 0.15) is 18.5 Å². The van der Waals surface area contributed by atoms with E-state index in [9.17, 15) is 4.79 Å². The van der Waals surface area contributed by atoms with Gasteiger partial charge in [0.1, 0.15) is 0 Å². The predicted octanol–water partition coefficient (Wildman–Crippen LogP) is 0.838. The SMILES string of the molecule is COCC(NC(=O)C(C)N)c1ccccc1. The van der Waals surface area contributed by atoms with E-state index in [0.717, 1.165) is 5.56 Å². The lowest BCUT2D eigenvalue weighted by atomic mass is 10.1. The van der Waals surface area contributed by atoms with Crippen LogP contribution >= 0.6 is 0 Å². The molecule has 2 atom stereocenters. The summed E-state index contributed by atoms with van der Waals surface area (Å²) < 4.78 is 5.08. The van der Waals surface area contributed by atoms with E-state index in [1.54, 1.807) is 14.0 Å². The topological polar surface area (TPSA) is 64.3 Å². The normalized spacial score (nSPS) is 14.2. The second kappa shape index (κ2) is 6.25. The van der Waals surface area contributed by atoms with Crippen molar-refractivity contribution in [2.45, 2.75) is 19.0 Å². The monoisotopic (exact) mass is 222 g/mol. The Hall–Kier alpha value is -1.39. The summed E-state index contributed by atoms with van der Waals surface area (Å²) in [6.45, 7) is 2.09. The van der Waals surface area contributed by atoms with E-state index < -0.39 is 6.04 Å². The number of methoxy groups -OCH3 is 1. The lowest BCUT2D eigenvalue weighted by molar-refractivity contribution is -0.123. The van der Waals surface area contributed by atoms with Gasteiger partial charge in [-0.15, -0.1) is 0 Å². The molecule has 1 rings (SSSR count). The zero-order chi connectivity index (χ0) is 12.0. The summed E-state index contributed by atoms with van der Waals surface area (Å²) in [4.78, 5) is 11.5. The fraction of sp³-hybridized carbons (Fsp3) is 0.417. The van der Waals surface area contributed by atoms with Crippen LogP contribution in [-0.4, -0.2) is 25.7 Å². The first-order valence-electron chi connectivity index (χ1n) is 5.25. The van der Waals surface area contributed by atoms with E-state index in [-0.39, 0.29) is 11.9 Å². The molecule has 1 amide bonds. The van der Waals surface area contributed by atoms with E-state index in [4.69, 9.17) is 10.5 Å². The maximum atomic E-state index is 11.5. The van der Waals surface area contributed by atoms with E-state index in [0.29, 0.717) is 6.61 Å². The molecule has 0 aliphatic rings. The Morgan fingerprint density at radius 1 is 1.44 bits per heavy atom. The van der Waals surface area contributed by atoms with E-state index in [1.807, 2.05) is 30.3 Å². The third kappa shape index (κ3) is 3.64. The van der Waals surface area contributed by atoms with Crippen LogP contribution in [0.25, 0.3) is 0 Å². The Morgan fingerprint density at radius 2 is 2.06 bits per heavy atom. The number of amides is 1. The van der Waals surface area contributed by atoms with Crippen molar-refractivity contribution >= 4 is 5.91 Å². The van der Waals surface area contributed by atoms with Gasteiger partial charge in [-0.3, -0.25) is 4.79 Å². The van der Waals surface area contributed by atoms with Gasteiger partial charge in [-0.05, 0) is 12.5 Å². The van der Waals surface area contributed by atoms with E-state index in [2.05, 4.69) is 5.32 Å². The molecule has 4 nitrogen and oxygen atoms in total. The van der Waals surface area contributed by atoms with Gasteiger partial charge in [-0.2, -0.15) is 0 Å². The molecule has 0 radical (unpaired) electrons. The van der Waals surface area contributed by atoms with Crippen LogP contribution in [0.4, 0.5) is 0 Å². The van der Waals surface area contributed by atoms with Crippen LogP contribution in [0.15, 0.2) is 30.3 Å². The van der Waals surface area contributed by atoms with Gasteiger partial charge < -0.3 is 15.8 Å². The molecule has 1 aromatic carbocycles. The number of ether oxygens (including phenoxy) is 1. The molecular formula is C12H18N2O2. The van der Waals surface area contributed by atoms with Crippen molar-refractivity contribution in [3.63, 3.8) is 0 Å². The number of nitrogens with one attached hydrogen (secondary N) is 1. The molecule has 0 saturated heterocycles. The number of hydrogen-bond acceptors (Lipinski definition) is 3. The summed E-state index contributed by atoms with van der Waals surface area (Å²) in [7, 11) is 1.61. The first-order chi connectivity index (χ1) is 7.65. The first kappa shape index (κ1) is 12.7. The van der Waals surface area contributed by atoms with Crippen molar-refractivity contribution in [1.82, 2.24) is 5.32 Å². The van der Waals surface area contributed by atoms with Gasteiger partial charge in [-0.25, -0.2) is 0 Å². The van der Waals surface area contributed by atoms with E-state index >= 15 is 0 Å². The molecular weight excluding hydrogens is 204 g/mol. The molecule has 4 heteroatoms. The lowest BCUT2D eigenvalue weighted by Gasteiger charge is -2.19. The highest BCUT2D eigenvalue weighted by molar-refractivity contribution is 5.81. The Morgan fingerprint density at radius 3 is 2.56 bits per heavy atom. The van der Waals surface area contributed by atoms with Crippen molar-refractivity contribution in [2.24, 2.45) is 5.73 Å². The molecule has 0 bridgehead atoms. The summed E-state index contributed by atoms with van der Waals surface area (Å²) in [5.41, 5.74) is 6.52. The van der Waals surface area contributed by atoms with Gasteiger partial charge in [0, 0.05) is 7.11 Å². The Labute approximate surface area is 95.8 Å². The third-order valence-electron chi connectivity index (χ3n) is 2.27. The number of rotatable bonds is 5. The van der Waals surface area contributed by atoms with Gasteiger partial charge >= 0.3 is 0 Å². The molecule has 0 aliphatic heterocycles. The first-order valence-corrected chi connectivity index (χ1v) is 5.25. The molecule has 16 heavy (non-hydrogen) atoms. The summed E-state index contributed by atoms with van der Waals surface area (Å²) in [6, 6.07) is 9.02. The van der Waals surface area contributed by atoms with Crippen LogP contribution in [-0.2, 0) is 9.53 Å². The van der Waals surface area contributed by atoms with Gasteiger partial charge in [0.2, 0.25) is 5.91 Å². The molecule has 0 heterocycles. The number of benzene rings is 1. The van der Waals surface area contributed by atoms with Crippen molar-refractivity contribution in [2.75, 3.05) is 13.7 Å². The highest BCUT2D eigenvalue weighted by atomic mass is 16.5. The largest absolute Gasteiger partial charge is 0.382 e. The van der Waals surface area contributed by atoms with Crippen molar-refractivity contribution in [3.05, 3.63) is 35.9 Å². The predicted molar refractivity (Wildman–Crippen MR) is 62.9 cm³/mol. The van der Waals surface area contributed by atoms with Crippen LogP contribution in [0.3, 0.4) is 0 Å². The van der Waals surface area contributed by atoms with Crippen LogP contribution in [0.2, 0.25) is 0 Å². The molecule has 0 fully saturated rings. The molecule has 3 N–H and O–H groups in total. The summed E-state index contributed by atoms with van der Waals surface area (Å²) in [5.74, 6) is -0.175. The quantitative estimate of drug-likeness (QED) is 0.776. The Balaban J connectivity index is 2.72. The van der Waals surface area contributed by atoms with Gasteiger partial charge in [0.25, 0.3) is 0 Å². The van der Waals surface area contributed by atoms with Crippen LogP contribution in [0, 0.1) is 0 Å². The smallest absolute Gasteiger partial charge is 0.237 e. The highest BCUT2D eigenvalue weighted by Gasteiger charge is 2.16. The third-order valence-corrected chi connectivity index (χ3v) is 2.27. The fourth-order valence-corrected chi connectivity index (χ4v) is 1.38. The minimum Gasteiger partial charge on any atom is -0.382 e. The molecule has 0 aliphatic carbocycles. The van der Waals surface area contributed by atoms with Crippen LogP contribution < -0.4 is 11.1 Å². The molecule has 1 aromatic rings. The summed E-state index contributed by atoms with van der Waals surface area (Å²) >= 11 is 0. The summed E-state index contributed by atoms with van der Waals surface area (Å²) in [5, 5.41) is 2.84. The molecule has 88 valence electrons. The minimum absolute atomic E-state index is 0.148. The minimum atomic E-state index is -0.511. The zero-order valence-electron chi connectivity index (χ0n) is 9.64. The molecule has 0 saturated carbocycles. The van der Waals surface area contributed by atoms with Crippen LogP contribution in [0.5, 0.6) is 0 Å². The molecule has 2 unspecified atom stereocenters. The maximum absolute atomic E-state index is 11.5. The maximum Gasteiger partial charge on any atom is 0.237 e. The lowest BCUT2D eigenvalue weighted by Crippen LogP contribution is -2.41. The average Bonchev–Trinajstić information content (AvgIpc) is 2.29. The van der Waals surface area contributed by atoms with Crippen molar-refractivity contribution in [3.8, 4) is 0 Å². The standard InChI is InChI=1S/C12H18N2O2/c1-9(13)12(15)14-11(8-16-2)10-6-4-3-5-7-10/h3-7,9,11H,8,13H2,1-2H3,(H,14,15). The van der Waals surface area contributed by atoms with Gasteiger partial charge in [0.05, 0.1) is 18.7 Å². The Kier molecular flexibility index (Phi) is 4.95. The summed E-state index contributed by atoms with van der Waals surface area (Å²) in [6.07, 6.45) is 0. The fourth-order valence-electron chi connectivity index (χ4n) is 1.38. The number of nitrogens with two attached hydrogens (primary N) is 1. The molecule has 0 aromatic heterocycles. The second-order valence-corrected chi connectivity index (χ2v) is 3.72. The van der Waals surface area contributed by atoms with Gasteiger partial charge in [-0.1, -0.05) is 30.3 Å². The number of carbonyl (C=O) groups excluding carboxylic acids is 1. The second-order valence-electron chi connectivity index (χ2n) is 3.72. The van der Waals surface area contributed by atoms with Crippen molar-refractivity contribution < 1.29 is 9.53 Å². The van der Waals surface area contributed by atoms with E-state index in [1.165, 1.54) is 0 Å².